The molecule has 0 aliphatic carbocycles. The Morgan fingerprint density at radius 3 is 2.76 bits per heavy atom. The molecule has 0 aliphatic heterocycles. The van der Waals surface area contributed by atoms with Gasteiger partial charge in [-0.05, 0) is 49.9 Å². The first-order chi connectivity index (χ1) is 14.1. The fourth-order valence-electron chi connectivity index (χ4n) is 3.55. The highest BCUT2D eigenvalue weighted by Crippen LogP contribution is 2.22. The van der Waals surface area contributed by atoms with E-state index in [0.717, 1.165) is 54.0 Å². The quantitative estimate of drug-likeness (QED) is 0.398. The highest BCUT2D eigenvalue weighted by molar-refractivity contribution is 5.77. The van der Waals surface area contributed by atoms with Gasteiger partial charge in [0.15, 0.2) is 0 Å². The van der Waals surface area contributed by atoms with Gasteiger partial charge >= 0.3 is 0 Å². The summed E-state index contributed by atoms with van der Waals surface area (Å²) in [5.41, 5.74) is 3.21. The molecule has 5 heteroatoms. The molecule has 2 aromatic carbocycles. The Morgan fingerprint density at radius 1 is 1.21 bits per heavy atom. The standard InChI is InChI=1S/C24H29N3O2/c1-4-11-20-12-5-8-15-23(20)29-17-10-9-16-27-22-14-7-6-13-21(22)26-24(27)18(2)25-19(3)28/h4-8,12-15,18H,1,9-11,16-17H2,2-3H3,(H,25,28). The van der Waals surface area contributed by atoms with E-state index in [1.807, 2.05) is 49.4 Å². The van der Waals surface area contributed by atoms with Crippen molar-refractivity contribution in [2.24, 2.45) is 0 Å². The maximum Gasteiger partial charge on any atom is 0.217 e. The normalized spacial score (nSPS) is 11.9. The molecule has 1 atom stereocenters. The lowest BCUT2D eigenvalue weighted by Crippen LogP contribution is -2.26. The third kappa shape index (κ3) is 5.25. The number of carbonyl (C=O) groups excluding carboxylic acids is 1. The molecule has 1 heterocycles. The van der Waals surface area contributed by atoms with E-state index in [4.69, 9.17) is 9.72 Å². The molecule has 0 saturated carbocycles. The first kappa shape index (κ1) is 20.6. The van der Waals surface area contributed by atoms with Crippen LogP contribution < -0.4 is 10.1 Å². The van der Waals surface area contributed by atoms with Crippen LogP contribution in [0, 0.1) is 0 Å². The van der Waals surface area contributed by atoms with Gasteiger partial charge in [0.2, 0.25) is 5.91 Å². The Balaban J connectivity index is 1.63. The number of nitrogens with one attached hydrogen (secondary N) is 1. The molecular formula is C24H29N3O2. The maximum absolute atomic E-state index is 11.5. The topological polar surface area (TPSA) is 56.1 Å². The average molecular weight is 392 g/mol. The monoisotopic (exact) mass is 391 g/mol. The molecule has 0 fully saturated rings. The van der Waals surface area contributed by atoms with Crippen LogP contribution in [-0.2, 0) is 17.8 Å². The summed E-state index contributed by atoms with van der Waals surface area (Å²) >= 11 is 0. The number of unbranched alkanes of at least 4 members (excludes halogenated alkanes) is 1. The summed E-state index contributed by atoms with van der Waals surface area (Å²) in [6.07, 6.45) is 4.60. The van der Waals surface area contributed by atoms with E-state index in [1.54, 1.807) is 0 Å². The van der Waals surface area contributed by atoms with Crippen molar-refractivity contribution in [3.05, 3.63) is 72.6 Å². The number of allylic oxidation sites excluding steroid dienone is 1. The number of benzene rings is 2. The summed E-state index contributed by atoms with van der Waals surface area (Å²) in [4.78, 5) is 16.2. The van der Waals surface area contributed by atoms with Gasteiger partial charge in [-0.3, -0.25) is 4.79 Å². The number of aryl methyl sites for hydroxylation is 1. The Kier molecular flexibility index (Phi) is 7.06. The van der Waals surface area contributed by atoms with E-state index >= 15 is 0 Å². The first-order valence-corrected chi connectivity index (χ1v) is 10.1. The van der Waals surface area contributed by atoms with Crippen molar-refractivity contribution in [2.45, 2.75) is 45.7 Å². The van der Waals surface area contributed by atoms with E-state index in [0.29, 0.717) is 6.61 Å². The van der Waals surface area contributed by atoms with Crippen molar-refractivity contribution in [1.29, 1.82) is 0 Å². The molecular weight excluding hydrogens is 362 g/mol. The van der Waals surface area contributed by atoms with E-state index in [2.05, 4.69) is 28.6 Å². The predicted molar refractivity (Wildman–Crippen MR) is 117 cm³/mol. The second-order valence-corrected chi connectivity index (χ2v) is 7.19. The number of amides is 1. The number of para-hydroxylation sites is 3. The fourth-order valence-corrected chi connectivity index (χ4v) is 3.55. The van der Waals surface area contributed by atoms with E-state index in [1.165, 1.54) is 6.92 Å². The number of rotatable bonds is 10. The molecule has 0 bridgehead atoms. The van der Waals surface area contributed by atoms with Crippen molar-refractivity contribution in [3.63, 3.8) is 0 Å². The molecule has 3 aromatic rings. The van der Waals surface area contributed by atoms with Crippen molar-refractivity contribution in [1.82, 2.24) is 14.9 Å². The van der Waals surface area contributed by atoms with E-state index < -0.39 is 0 Å². The van der Waals surface area contributed by atoms with Crippen LogP contribution in [0.4, 0.5) is 0 Å². The minimum absolute atomic E-state index is 0.0531. The lowest BCUT2D eigenvalue weighted by Gasteiger charge is -2.16. The molecule has 3 rings (SSSR count). The molecule has 1 amide bonds. The second-order valence-electron chi connectivity index (χ2n) is 7.19. The molecule has 152 valence electrons. The van der Waals surface area contributed by atoms with Crippen LogP contribution >= 0.6 is 0 Å². The predicted octanol–water partition coefficient (Wildman–Crippen LogP) is 4.82. The number of nitrogens with zero attached hydrogens (tertiary/aromatic N) is 2. The average Bonchev–Trinajstić information content (AvgIpc) is 3.07. The Bertz CT molecular complexity index is 977. The summed E-state index contributed by atoms with van der Waals surface area (Å²) in [5.74, 6) is 1.77. The van der Waals surface area contributed by atoms with Crippen molar-refractivity contribution < 1.29 is 9.53 Å². The van der Waals surface area contributed by atoms with Crippen molar-refractivity contribution in [3.8, 4) is 5.75 Å². The van der Waals surface area contributed by atoms with Crippen LogP contribution in [-0.4, -0.2) is 22.1 Å². The first-order valence-electron chi connectivity index (χ1n) is 10.1. The van der Waals surface area contributed by atoms with Crippen molar-refractivity contribution >= 4 is 16.9 Å². The highest BCUT2D eigenvalue weighted by Gasteiger charge is 2.17. The molecule has 0 radical (unpaired) electrons. The highest BCUT2D eigenvalue weighted by atomic mass is 16.5. The smallest absolute Gasteiger partial charge is 0.217 e. The molecule has 1 aromatic heterocycles. The fraction of sp³-hybridized carbons (Fsp3) is 0.333. The van der Waals surface area contributed by atoms with Gasteiger partial charge in [0.05, 0.1) is 23.7 Å². The van der Waals surface area contributed by atoms with Crippen LogP contribution in [0.15, 0.2) is 61.2 Å². The lowest BCUT2D eigenvalue weighted by molar-refractivity contribution is -0.119. The largest absolute Gasteiger partial charge is 0.493 e. The molecule has 0 spiro atoms. The zero-order valence-corrected chi connectivity index (χ0v) is 17.2. The van der Waals surface area contributed by atoms with Crippen molar-refractivity contribution in [2.75, 3.05) is 6.61 Å². The zero-order chi connectivity index (χ0) is 20.6. The van der Waals surface area contributed by atoms with Gasteiger partial charge in [0.25, 0.3) is 0 Å². The van der Waals surface area contributed by atoms with Gasteiger partial charge < -0.3 is 14.6 Å². The maximum atomic E-state index is 11.5. The molecule has 29 heavy (non-hydrogen) atoms. The molecule has 5 nitrogen and oxygen atoms in total. The van der Waals surface area contributed by atoms with Crippen LogP contribution in [0.5, 0.6) is 5.75 Å². The number of imidazole rings is 1. The molecule has 0 aliphatic rings. The van der Waals surface area contributed by atoms with Gasteiger partial charge in [0.1, 0.15) is 11.6 Å². The second kappa shape index (κ2) is 9.92. The number of fused-ring (bicyclic) bond motifs is 1. The van der Waals surface area contributed by atoms with Crippen LogP contribution in [0.1, 0.15) is 44.1 Å². The summed E-state index contributed by atoms with van der Waals surface area (Å²) in [7, 11) is 0. The van der Waals surface area contributed by atoms with Crippen LogP contribution in [0.25, 0.3) is 11.0 Å². The SMILES string of the molecule is C=CCc1ccccc1OCCCCn1c(C(C)NC(C)=O)nc2ccccc21. The Labute approximate surface area is 172 Å². The summed E-state index contributed by atoms with van der Waals surface area (Å²) in [5, 5.41) is 2.95. The Hall–Kier alpha value is -3.08. The lowest BCUT2D eigenvalue weighted by atomic mass is 10.1. The van der Waals surface area contributed by atoms with E-state index in [9.17, 15) is 4.79 Å². The number of carbonyl (C=O) groups is 1. The molecule has 0 saturated heterocycles. The van der Waals surface area contributed by atoms with E-state index in [-0.39, 0.29) is 11.9 Å². The van der Waals surface area contributed by atoms with Crippen LogP contribution in [0.3, 0.4) is 0 Å². The number of hydrogen-bond acceptors (Lipinski definition) is 3. The van der Waals surface area contributed by atoms with Gasteiger partial charge in [-0.1, -0.05) is 36.4 Å². The number of hydrogen-bond donors (Lipinski definition) is 1. The number of aromatic nitrogens is 2. The van der Waals surface area contributed by atoms with Gasteiger partial charge in [-0.15, -0.1) is 6.58 Å². The third-order valence-electron chi connectivity index (χ3n) is 4.86. The summed E-state index contributed by atoms with van der Waals surface area (Å²) in [6, 6.07) is 16.1. The minimum atomic E-state index is -0.137. The van der Waals surface area contributed by atoms with Gasteiger partial charge in [0, 0.05) is 13.5 Å². The molecule has 1 N–H and O–H groups in total. The van der Waals surface area contributed by atoms with Gasteiger partial charge in [-0.25, -0.2) is 4.98 Å². The summed E-state index contributed by atoms with van der Waals surface area (Å²) in [6.45, 7) is 8.81. The zero-order valence-electron chi connectivity index (χ0n) is 17.2. The third-order valence-corrected chi connectivity index (χ3v) is 4.86. The number of ether oxygens (including phenoxy) is 1. The van der Waals surface area contributed by atoms with Gasteiger partial charge in [-0.2, -0.15) is 0 Å². The molecule has 1 unspecified atom stereocenters. The van der Waals surface area contributed by atoms with Crippen LogP contribution in [0.2, 0.25) is 0 Å². The Morgan fingerprint density at radius 2 is 1.97 bits per heavy atom. The minimum Gasteiger partial charge on any atom is -0.493 e. The summed E-state index contributed by atoms with van der Waals surface area (Å²) < 4.78 is 8.21.